The van der Waals surface area contributed by atoms with Crippen molar-refractivity contribution in [2.24, 2.45) is 0 Å². The molecule has 8 heteroatoms. The number of Topliss-reactive ketones (excluding diaryl/α,β-unsaturated/α-hetero) is 1. The number of carbonyl (C=O) groups is 1. The highest BCUT2D eigenvalue weighted by Gasteiger charge is 2.19. The van der Waals surface area contributed by atoms with Crippen LogP contribution in [0, 0.1) is 13.8 Å². The van der Waals surface area contributed by atoms with Crippen LogP contribution in [0.5, 0.6) is 0 Å². The first-order valence-corrected chi connectivity index (χ1v) is 13.7. The maximum atomic E-state index is 13.4. The van der Waals surface area contributed by atoms with Gasteiger partial charge in [-0.2, -0.15) is 0 Å². The molecule has 0 N–H and O–H groups in total. The van der Waals surface area contributed by atoms with Gasteiger partial charge in [-0.25, -0.2) is 4.98 Å². The van der Waals surface area contributed by atoms with E-state index >= 15 is 0 Å². The monoisotopic (exact) mass is 533 g/mol. The number of hydrogen-bond donors (Lipinski definition) is 0. The number of ketones is 1. The molecule has 5 nitrogen and oxygen atoms in total. The molecule has 0 amide bonds. The topological polar surface area (TPSA) is 56.9 Å². The lowest BCUT2D eigenvalue weighted by atomic mass is 10.2. The van der Waals surface area contributed by atoms with Gasteiger partial charge in [-0.05, 0) is 55.1 Å². The standard InChI is InChI=1S/C28H24ClN3O2S2/c1-18-14-23(19(2)31(18)16-21-9-7-13-35-21)26(33)17-36-28-30-25-12-6-4-10-22(25)27(34)32(28)15-20-8-3-5-11-24(20)29/h3-14H,15-17H2,1-2H3. The van der Waals surface area contributed by atoms with Gasteiger partial charge in [0.2, 0.25) is 0 Å². The average Bonchev–Trinajstić information content (AvgIpc) is 3.49. The van der Waals surface area contributed by atoms with Gasteiger partial charge in [-0.15, -0.1) is 11.3 Å². The van der Waals surface area contributed by atoms with Gasteiger partial charge < -0.3 is 4.57 Å². The van der Waals surface area contributed by atoms with Crippen LogP contribution in [-0.4, -0.2) is 25.7 Å². The van der Waals surface area contributed by atoms with E-state index in [4.69, 9.17) is 16.6 Å². The zero-order chi connectivity index (χ0) is 25.2. The summed E-state index contributed by atoms with van der Waals surface area (Å²) in [4.78, 5) is 32.7. The largest absolute Gasteiger partial charge is 0.343 e. The Labute approximate surface area is 222 Å². The summed E-state index contributed by atoms with van der Waals surface area (Å²) in [5.41, 5.74) is 3.99. The summed E-state index contributed by atoms with van der Waals surface area (Å²) < 4.78 is 3.78. The number of rotatable bonds is 8. The summed E-state index contributed by atoms with van der Waals surface area (Å²) >= 11 is 9.38. The summed E-state index contributed by atoms with van der Waals surface area (Å²) in [7, 11) is 0. The molecule has 0 radical (unpaired) electrons. The minimum absolute atomic E-state index is 0.0113. The van der Waals surface area contributed by atoms with Gasteiger partial charge >= 0.3 is 0 Å². The zero-order valence-corrected chi connectivity index (χ0v) is 22.3. The highest BCUT2D eigenvalue weighted by molar-refractivity contribution is 7.99. The van der Waals surface area contributed by atoms with Gasteiger partial charge in [0.25, 0.3) is 5.56 Å². The van der Waals surface area contributed by atoms with Crippen molar-refractivity contribution in [1.82, 2.24) is 14.1 Å². The Bertz CT molecular complexity index is 1620. The van der Waals surface area contributed by atoms with Crippen LogP contribution in [-0.2, 0) is 13.1 Å². The second kappa shape index (κ2) is 10.5. The number of benzene rings is 2. The first-order chi connectivity index (χ1) is 17.4. The van der Waals surface area contributed by atoms with E-state index in [0.29, 0.717) is 26.6 Å². The number of fused-ring (bicyclic) bond motifs is 1. The summed E-state index contributed by atoms with van der Waals surface area (Å²) in [5.74, 6) is 0.189. The van der Waals surface area contributed by atoms with E-state index in [1.165, 1.54) is 16.6 Å². The molecule has 0 atom stereocenters. The third kappa shape index (κ3) is 4.91. The van der Waals surface area contributed by atoms with Crippen LogP contribution in [0.3, 0.4) is 0 Å². The van der Waals surface area contributed by atoms with Crippen molar-refractivity contribution in [2.75, 3.05) is 5.75 Å². The van der Waals surface area contributed by atoms with Crippen LogP contribution in [0.15, 0.2) is 82.1 Å². The fraction of sp³-hybridized carbons (Fsp3) is 0.179. The normalized spacial score (nSPS) is 11.3. The minimum Gasteiger partial charge on any atom is -0.343 e. The quantitative estimate of drug-likeness (QED) is 0.128. The highest BCUT2D eigenvalue weighted by Crippen LogP contribution is 2.25. The molecule has 182 valence electrons. The Morgan fingerprint density at radius 2 is 1.78 bits per heavy atom. The zero-order valence-electron chi connectivity index (χ0n) is 19.9. The summed E-state index contributed by atoms with van der Waals surface area (Å²) in [6.45, 7) is 5.04. The number of nitrogens with zero attached hydrogens (tertiary/aromatic N) is 3. The highest BCUT2D eigenvalue weighted by atomic mass is 35.5. The van der Waals surface area contributed by atoms with Gasteiger partial charge in [0, 0.05) is 26.9 Å². The van der Waals surface area contributed by atoms with Crippen LogP contribution in [0.25, 0.3) is 10.9 Å². The van der Waals surface area contributed by atoms with Gasteiger partial charge in [0.1, 0.15) is 0 Å². The smallest absolute Gasteiger partial charge is 0.262 e. The SMILES string of the molecule is Cc1cc(C(=O)CSc2nc3ccccc3c(=O)n2Cc2ccccc2Cl)c(C)n1Cc1cccs1. The first-order valence-electron chi connectivity index (χ1n) is 11.5. The summed E-state index contributed by atoms with van der Waals surface area (Å²) in [6.07, 6.45) is 0. The van der Waals surface area contributed by atoms with E-state index in [2.05, 4.69) is 16.0 Å². The van der Waals surface area contributed by atoms with Crippen molar-refractivity contribution in [2.45, 2.75) is 32.1 Å². The molecular formula is C28H24ClN3O2S2. The van der Waals surface area contributed by atoms with Crippen LogP contribution in [0.1, 0.15) is 32.2 Å². The average molecular weight is 534 g/mol. The van der Waals surface area contributed by atoms with E-state index in [9.17, 15) is 9.59 Å². The lowest BCUT2D eigenvalue weighted by Crippen LogP contribution is -2.24. The predicted molar refractivity (Wildman–Crippen MR) is 149 cm³/mol. The van der Waals surface area contributed by atoms with E-state index in [1.54, 1.807) is 28.0 Å². The number of hydrogen-bond acceptors (Lipinski definition) is 5. The molecule has 0 saturated heterocycles. The van der Waals surface area contributed by atoms with E-state index < -0.39 is 0 Å². The molecular weight excluding hydrogens is 510 g/mol. The van der Waals surface area contributed by atoms with Crippen LogP contribution >= 0.6 is 34.7 Å². The van der Waals surface area contributed by atoms with Gasteiger partial charge in [-0.1, -0.05) is 59.8 Å². The molecule has 2 aromatic carbocycles. The Balaban J connectivity index is 1.45. The molecule has 5 rings (SSSR count). The predicted octanol–water partition coefficient (Wildman–Crippen LogP) is 6.60. The molecule has 3 aromatic heterocycles. The van der Waals surface area contributed by atoms with Crippen molar-refractivity contribution in [3.05, 3.63) is 115 Å². The van der Waals surface area contributed by atoms with E-state index in [-0.39, 0.29) is 23.6 Å². The Morgan fingerprint density at radius 3 is 2.56 bits per heavy atom. The minimum atomic E-state index is -0.149. The maximum absolute atomic E-state index is 13.4. The molecule has 0 unspecified atom stereocenters. The molecule has 0 aliphatic carbocycles. The van der Waals surface area contributed by atoms with Crippen LogP contribution in [0.4, 0.5) is 0 Å². The van der Waals surface area contributed by atoms with Crippen molar-refractivity contribution < 1.29 is 4.79 Å². The van der Waals surface area contributed by atoms with Crippen molar-refractivity contribution in [1.29, 1.82) is 0 Å². The second-order valence-electron chi connectivity index (χ2n) is 8.56. The number of carbonyl (C=O) groups excluding carboxylic acids is 1. The number of thioether (sulfide) groups is 1. The van der Waals surface area contributed by atoms with Crippen LogP contribution in [0.2, 0.25) is 5.02 Å². The molecule has 0 saturated carbocycles. The Kier molecular flexibility index (Phi) is 7.14. The number of halogens is 1. The molecule has 0 spiro atoms. The fourth-order valence-corrected chi connectivity index (χ4v) is 6.06. The van der Waals surface area contributed by atoms with Crippen molar-refractivity contribution >= 4 is 51.4 Å². The molecule has 36 heavy (non-hydrogen) atoms. The molecule has 5 aromatic rings. The number of thiophene rings is 1. The van der Waals surface area contributed by atoms with E-state index in [0.717, 1.165) is 23.5 Å². The number of aromatic nitrogens is 3. The van der Waals surface area contributed by atoms with Crippen LogP contribution < -0.4 is 5.56 Å². The van der Waals surface area contributed by atoms with Gasteiger partial charge in [0.05, 0.1) is 29.7 Å². The van der Waals surface area contributed by atoms with E-state index in [1.807, 2.05) is 62.4 Å². The molecule has 0 fully saturated rings. The van der Waals surface area contributed by atoms with Gasteiger partial charge in [-0.3, -0.25) is 14.2 Å². The maximum Gasteiger partial charge on any atom is 0.262 e. The van der Waals surface area contributed by atoms with Crippen molar-refractivity contribution in [3.63, 3.8) is 0 Å². The summed E-state index contributed by atoms with van der Waals surface area (Å²) in [6, 6.07) is 20.8. The Morgan fingerprint density at radius 1 is 1.00 bits per heavy atom. The molecule has 0 aliphatic rings. The summed E-state index contributed by atoms with van der Waals surface area (Å²) in [5, 5.41) is 3.68. The fourth-order valence-electron chi connectivity index (χ4n) is 4.29. The molecule has 0 aliphatic heterocycles. The van der Waals surface area contributed by atoms with Crippen molar-refractivity contribution in [3.8, 4) is 0 Å². The number of aryl methyl sites for hydroxylation is 1. The lowest BCUT2D eigenvalue weighted by Gasteiger charge is -2.14. The molecule has 0 bridgehead atoms. The Hall–Kier alpha value is -3.13. The first kappa shape index (κ1) is 24.6. The third-order valence-corrected chi connectivity index (χ3v) is 8.42. The third-order valence-electron chi connectivity index (χ3n) is 6.21. The molecule has 3 heterocycles. The van der Waals surface area contributed by atoms with Gasteiger partial charge in [0.15, 0.2) is 10.9 Å². The second-order valence-corrected chi connectivity index (χ2v) is 10.9. The number of para-hydroxylation sites is 1. The lowest BCUT2D eigenvalue weighted by molar-refractivity contribution is 0.102.